The van der Waals surface area contributed by atoms with Crippen molar-refractivity contribution in [1.29, 1.82) is 0 Å². The summed E-state index contributed by atoms with van der Waals surface area (Å²) in [5.74, 6) is 0.489. The van der Waals surface area contributed by atoms with Crippen LogP contribution in [0.25, 0.3) is 11.2 Å². The summed E-state index contributed by atoms with van der Waals surface area (Å²) >= 11 is 0. The first-order valence-electron chi connectivity index (χ1n) is 9.08. The highest BCUT2D eigenvalue weighted by Gasteiger charge is 2.28. The Hall–Kier alpha value is -2.15. The van der Waals surface area contributed by atoms with Gasteiger partial charge in [0.15, 0.2) is 5.65 Å². The lowest BCUT2D eigenvalue weighted by atomic mass is 10.1. The quantitative estimate of drug-likeness (QED) is 0.867. The molecule has 1 aliphatic carbocycles. The van der Waals surface area contributed by atoms with Crippen LogP contribution in [0.3, 0.4) is 0 Å². The van der Waals surface area contributed by atoms with E-state index in [1.165, 1.54) is 12.8 Å². The molecule has 1 saturated carbocycles. The van der Waals surface area contributed by atoms with Crippen molar-refractivity contribution in [2.24, 2.45) is 0 Å². The number of fused-ring (bicyclic) bond motifs is 1. The summed E-state index contributed by atoms with van der Waals surface area (Å²) in [4.78, 5) is 26.1. The molecule has 0 radical (unpaired) electrons. The summed E-state index contributed by atoms with van der Waals surface area (Å²) in [6, 6.07) is 2.16. The van der Waals surface area contributed by atoms with Gasteiger partial charge >= 0.3 is 0 Å². The van der Waals surface area contributed by atoms with Crippen LogP contribution in [0.15, 0.2) is 12.3 Å². The van der Waals surface area contributed by atoms with Crippen molar-refractivity contribution >= 4 is 23.0 Å². The molecule has 25 heavy (non-hydrogen) atoms. The van der Waals surface area contributed by atoms with E-state index in [1.54, 1.807) is 6.20 Å². The maximum Gasteiger partial charge on any atom is 0.255 e. The molecule has 1 fully saturated rings. The molecule has 136 valence electrons. The number of nitrogens with zero attached hydrogens (tertiary/aromatic N) is 5. The van der Waals surface area contributed by atoms with Gasteiger partial charge in [-0.25, -0.2) is 9.97 Å². The van der Waals surface area contributed by atoms with E-state index >= 15 is 0 Å². The van der Waals surface area contributed by atoms with Crippen LogP contribution in [-0.4, -0.2) is 63.5 Å². The molecule has 1 aliphatic rings. The number of pyridine rings is 1. The number of rotatable bonds is 6. The van der Waals surface area contributed by atoms with Crippen molar-refractivity contribution < 1.29 is 4.79 Å². The van der Waals surface area contributed by atoms with Gasteiger partial charge in [0.1, 0.15) is 5.52 Å². The lowest BCUT2D eigenvalue weighted by molar-refractivity contribution is 0.0667. The third-order valence-corrected chi connectivity index (χ3v) is 4.99. The van der Waals surface area contributed by atoms with Gasteiger partial charge in [-0.1, -0.05) is 12.8 Å². The number of carbonyl (C=O) groups is 1. The third kappa shape index (κ3) is 3.61. The van der Waals surface area contributed by atoms with E-state index in [9.17, 15) is 4.79 Å². The van der Waals surface area contributed by atoms with Gasteiger partial charge in [-0.3, -0.25) is 9.36 Å². The number of amides is 1. The van der Waals surface area contributed by atoms with Gasteiger partial charge in [-0.2, -0.15) is 0 Å². The van der Waals surface area contributed by atoms with Crippen molar-refractivity contribution in [3.8, 4) is 0 Å². The Morgan fingerprint density at radius 3 is 2.68 bits per heavy atom. The average molecular weight is 344 g/mol. The Labute approximate surface area is 148 Å². The summed E-state index contributed by atoms with van der Waals surface area (Å²) in [7, 11) is 4.07. The molecule has 7 heteroatoms. The van der Waals surface area contributed by atoms with Crippen LogP contribution in [0.5, 0.6) is 0 Å². The zero-order valence-corrected chi connectivity index (χ0v) is 15.4. The number of anilines is 1. The molecule has 0 bridgehead atoms. The molecule has 0 atom stereocenters. The fraction of sp³-hybridized carbons (Fsp3) is 0.611. The van der Waals surface area contributed by atoms with Gasteiger partial charge in [-0.15, -0.1) is 0 Å². The van der Waals surface area contributed by atoms with Gasteiger partial charge in [0.05, 0.1) is 5.56 Å². The SMILES string of the molecule is CCn1c(N)nc2cc(C(=O)N(CCN(C)C)C3CCCC3)cnc21. The number of nitrogen functional groups attached to an aromatic ring is 1. The van der Waals surface area contributed by atoms with E-state index in [0.717, 1.165) is 31.6 Å². The molecular weight excluding hydrogens is 316 g/mol. The Morgan fingerprint density at radius 1 is 1.32 bits per heavy atom. The lowest BCUT2D eigenvalue weighted by Crippen LogP contribution is -2.42. The number of aryl methyl sites for hydroxylation is 1. The fourth-order valence-corrected chi connectivity index (χ4v) is 3.60. The fourth-order valence-electron chi connectivity index (χ4n) is 3.60. The molecule has 3 rings (SSSR count). The lowest BCUT2D eigenvalue weighted by Gasteiger charge is -2.30. The Kier molecular flexibility index (Phi) is 5.22. The second-order valence-corrected chi connectivity index (χ2v) is 7.02. The molecule has 0 saturated heterocycles. The minimum Gasteiger partial charge on any atom is -0.369 e. The van der Waals surface area contributed by atoms with Crippen molar-refractivity contribution in [3.63, 3.8) is 0 Å². The van der Waals surface area contributed by atoms with Crippen molar-refractivity contribution in [2.75, 3.05) is 32.9 Å². The third-order valence-electron chi connectivity index (χ3n) is 4.99. The highest BCUT2D eigenvalue weighted by atomic mass is 16.2. The molecule has 1 amide bonds. The first-order valence-corrected chi connectivity index (χ1v) is 9.08. The summed E-state index contributed by atoms with van der Waals surface area (Å²) in [6.45, 7) is 4.30. The predicted octanol–water partition coefficient (Wildman–Crippen LogP) is 1.98. The molecule has 0 aliphatic heterocycles. The summed E-state index contributed by atoms with van der Waals surface area (Å²) in [5, 5.41) is 0. The monoisotopic (exact) mass is 344 g/mol. The number of likely N-dealkylation sites (N-methyl/N-ethyl adjacent to an activating group) is 1. The highest BCUT2D eigenvalue weighted by Crippen LogP contribution is 2.25. The van der Waals surface area contributed by atoms with Gasteiger partial charge < -0.3 is 15.5 Å². The first kappa shape index (κ1) is 17.7. The van der Waals surface area contributed by atoms with Crippen LogP contribution in [0, 0.1) is 0 Å². The zero-order valence-electron chi connectivity index (χ0n) is 15.4. The van der Waals surface area contributed by atoms with E-state index in [-0.39, 0.29) is 5.91 Å². The van der Waals surface area contributed by atoms with Crippen LogP contribution < -0.4 is 5.73 Å². The molecule has 2 N–H and O–H groups in total. The first-order chi connectivity index (χ1) is 12.0. The van der Waals surface area contributed by atoms with Crippen LogP contribution >= 0.6 is 0 Å². The largest absolute Gasteiger partial charge is 0.369 e. The molecule has 0 spiro atoms. The number of aromatic nitrogens is 3. The maximum atomic E-state index is 13.2. The Morgan fingerprint density at radius 2 is 2.04 bits per heavy atom. The van der Waals surface area contributed by atoms with Crippen LogP contribution in [0.2, 0.25) is 0 Å². The molecule has 0 unspecified atom stereocenters. The minimum absolute atomic E-state index is 0.0489. The smallest absolute Gasteiger partial charge is 0.255 e. The van der Waals surface area contributed by atoms with E-state index < -0.39 is 0 Å². The number of hydrogen-bond acceptors (Lipinski definition) is 5. The number of nitrogens with two attached hydrogens (primary N) is 1. The van der Waals surface area contributed by atoms with E-state index in [4.69, 9.17) is 5.73 Å². The zero-order chi connectivity index (χ0) is 18.0. The predicted molar refractivity (Wildman–Crippen MR) is 99.5 cm³/mol. The van der Waals surface area contributed by atoms with Crippen molar-refractivity contribution in [1.82, 2.24) is 24.3 Å². The Balaban J connectivity index is 1.88. The average Bonchev–Trinajstić information content (AvgIpc) is 3.20. The van der Waals surface area contributed by atoms with Crippen molar-refractivity contribution in [2.45, 2.75) is 45.2 Å². The summed E-state index contributed by atoms with van der Waals surface area (Å²) < 4.78 is 1.85. The normalized spacial score (nSPS) is 15.4. The van der Waals surface area contributed by atoms with Crippen molar-refractivity contribution in [3.05, 3.63) is 17.8 Å². The van der Waals surface area contributed by atoms with Crippen LogP contribution in [0.1, 0.15) is 43.0 Å². The maximum absolute atomic E-state index is 13.2. The number of imidazole rings is 1. The molecule has 7 nitrogen and oxygen atoms in total. The van der Waals surface area contributed by atoms with E-state index in [0.29, 0.717) is 29.6 Å². The standard InChI is InChI=1S/C18H28N6O/c1-4-23-16-15(21-18(23)19)11-13(12-20-16)17(25)24(10-9-22(2)3)14-7-5-6-8-14/h11-12,14H,4-10H2,1-3H3,(H2,19,21). The summed E-state index contributed by atoms with van der Waals surface area (Å²) in [6.07, 6.45) is 6.24. The van der Waals surface area contributed by atoms with E-state index in [2.05, 4.69) is 14.9 Å². The van der Waals surface area contributed by atoms with Gasteiger partial charge in [0, 0.05) is 31.9 Å². The van der Waals surface area contributed by atoms with E-state index in [1.807, 2.05) is 36.6 Å². The molecule has 2 heterocycles. The molecule has 0 aromatic carbocycles. The van der Waals surface area contributed by atoms with Crippen LogP contribution in [-0.2, 0) is 6.54 Å². The second kappa shape index (κ2) is 7.39. The summed E-state index contributed by atoms with van der Waals surface area (Å²) in [5.41, 5.74) is 7.96. The minimum atomic E-state index is 0.0489. The molecule has 2 aromatic rings. The molecular formula is C18H28N6O. The topological polar surface area (TPSA) is 80.3 Å². The highest BCUT2D eigenvalue weighted by molar-refractivity contribution is 5.96. The number of carbonyl (C=O) groups excluding carboxylic acids is 1. The Bertz CT molecular complexity index is 747. The van der Waals surface area contributed by atoms with Gasteiger partial charge in [-0.05, 0) is 39.9 Å². The molecule has 2 aromatic heterocycles. The van der Waals surface area contributed by atoms with Crippen LogP contribution in [0.4, 0.5) is 5.95 Å². The second-order valence-electron chi connectivity index (χ2n) is 7.02. The van der Waals surface area contributed by atoms with Gasteiger partial charge in [0.25, 0.3) is 5.91 Å². The number of hydrogen-bond donors (Lipinski definition) is 1. The van der Waals surface area contributed by atoms with Gasteiger partial charge in [0.2, 0.25) is 5.95 Å².